The Morgan fingerprint density at radius 3 is 2.33 bits per heavy atom. The van der Waals surface area contributed by atoms with Crippen LogP contribution < -0.4 is 5.43 Å². The molecule has 0 spiro atoms. The van der Waals surface area contributed by atoms with Crippen LogP contribution in [0.1, 0.15) is 26.7 Å². The lowest BCUT2D eigenvalue weighted by Gasteiger charge is -2.43. The molecule has 0 saturated heterocycles. The van der Waals surface area contributed by atoms with Gasteiger partial charge >= 0.3 is 0 Å². The Morgan fingerprint density at radius 1 is 1.25 bits per heavy atom. The number of nitrogens with one attached hydrogen (secondary N) is 1. The van der Waals surface area contributed by atoms with Gasteiger partial charge in [-0.05, 0) is 30.4 Å². The van der Waals surface area contributed by atoms with Crippen molar-refractivity contribution in [2.75, 3.05) is 5.43 Å². The highest BCUT2D eigenvalue weighted by atomic mass is 15.4. The number of hydrogen-bond acceptors (Lipinski definition) is 1. The van der Waals surface area contributed by atoms with E-state index in [1.807, 2.05) is 29.2 Å². The molecule has 66 valence electrons. The Bertz CT molecular complexity index is 241. The highest BCUT2D eigenvalue weighted by Gasteiger charge is 2.35. The predicted octanol–water partition coefficient (Wildman–Crippen LogP) is 2.22. The van der Waals surface area contributed by atoms with E-state index in [4.69, 9.17) is 0 Å². The van der Waals surface area contributed by atoms with Crippen LogP contribution in [0.2, 0.25) is 0 Å². The van der Waals surface area contributed by atoms with E-state index in [1.54, 1.807) is 0 Å². The summed E-state index contributed by atoms with van der Waals surface area (Å²) in [5.41, 5.74) is 3.99. The van der Waals surface area contributed by atoms with E-state index >= 15 is 0 Å². The Balaban J connectivity index is 1.84. The molecule has 1 aliphatic rings. The molecule has 2 nitrogen and oxygen atoms in total. The summed E-state index contributed by atoms with van der Waals surface area (Å²) < 4.78 is 2.04. The Hall–Kier alpha value is -0.920. The standard InChI is InChI=1S/C10H16N2/c1-10(2)7-9(8-10)11-12-5-3-4-6-12/h3-6,9,11H,7-8H2,1-2H3. The van der Waals surface area contributed by atoms with E-state index < -0.39 is 0 Å². The molecule has 0 radical (unpaired) electrons. The molecule has 1 heterocycles. The molecule has 2 heteroatoms. The van der Waals surface area contributed by atoms with Gasteiger partial charge in [0.05, 0.1) is 0 Å². The van der Waals surface area contributed by atoms with Gasteiger partial charge in [-0.15, -0.1) is 0 Å². The quantitative estimate of drug-likeness (QED) is 0.709. The maximum Gasteiger partial charge on any atom is 0.0434 e. The van der Waals surface area contributed by atoms with E-state index in [0.29, 0.717) is 11.5 Å². The minimum atomic E-state index is 0.560. The summed E-state index contributed by atoms with van der Waals surface area (Å²) in [7, 11) is 0. The fourth-order valence-electron chi connectivity index (χ4n) is 2.00. The van der Waals surface area contributed by atoms with Crippen LogP contribution in [0.4, 0.5) is 0 Å². The van der Waals surface area contributed by atoms with E-state index in [1.165, 1.54) is 12.8 Å². The SMILES string of the molecule is CC1(C)CC(Nn2cccc2)C1. The summed E-state index contributed by atoms with van der Waals surface area (Å²) in [6, 6.07) is 4.75. The van der Waals surface area contributed by atoms with Crippen LogP contribution in [0.5, 0.6) is 0 Å². The third kappa shape index (κ3) is 1.47. The molecule has 1 aromatic heterocycles. The van der Waals surface area contributed by atoms with Gasteiger partial charge in [0.2, 0.25) is 0 Å². The Kier molecular flexibility index (Phi) is 1.63. The predicted molar refractivity (Wildman–Crippen MR) is 50.6 cm³/mol. The Labute approximate surface area is 73.6 Å². The van der Waals surface area contributed by atoms with Gasteiger partial charge in [-0.1, -0.05) is 13.8 Å². The molecular formula is C10H16N2. The summed E-state index contributed by atoms with van der Waals surface area (Å²) >= 11 is 0. The van der Waals surface area contributed by atoms with Crippen molar-refractivity contribution < 1.29 is 0 Å². The third-order valence-electron chi connectivity index (χ3n) is 2.53. The highest BCUT2D eigenvalue weighted by Crippen LogP contribution is 2.40. The van der Waals surface area contributed by atoms with Crippen molar-refractivity contribution >= 4 is 0 Å². The summed E-state index contributed by atoms with van der Waals surface area (Å²) in [6.07, 6.45) is 6.66. The zero-order valence-corrected chi connectivity index (χ0v) is 7.75. The van der Waals surface area contributed by atoms with Gasteiger partial charge in [0.1, 0.15) is 0 Å². The van der Waals surface area contributed by atoms with Gasteiger partial charge in [0.15, 0.2) is 0 Å². The molecule has 0 aliphatic heterocycles. The first-order valence-corrected chi connectivity index (χ1v) is 4.55. The second kappa shape index (κ2) is 2.54. The molecule has 1 aromatic rings. The molecule has 0 amide bonds. The molecule has 1 fully saturated rings. The van der Waals surface area contributed by atoms with Crippen molar-refractivity contribution in [2.45, 2.75) is 32.7 Å². The molecule has 0 unspecified atom stereocenters. The molecule has 0 atom stereocenters. The van der Waals surface area contributed by atoms with Crippen LogP contribution in [-0.2, 0) is 0 Å². The largest absolute Gasteiger partial charge is 0.323 e. The van der Waals surface area contributed by atoms with Crippen LogP contribution in [0, 0.1) is 5.41 Å². The van der Waals surface area contributed by atoms with Crippen molar-refractivity contribution in [3.05, 3.63) is 24.5 Å². The molecule has 2 rings (SSSR count). The first kappa shape index (κ1) is 7.71. The fraction of sp³-hybridized carbons (Fsp3) is 0.600. The lowest BCUT2D eigenvalue weighted by Crippen LogP contribution is -2.44. The monoisotopic (exact) mass is 164 g/mol. The molecule has 1 N–H and O–H groups in total. The minimum Gasteiger partial charge on any atom is -0.323 e. The van der Waals surface area contributed by atoms with Crippen molar-refractivity contribution in [3.8, 4) is 0 Å². The lowest BCUT2D eigenvalue weighted by atomic mass is 9.69. The van der Waals surface area contributed by atoms with Crippen LogP contribution >= 0.6 is 0 Å². The second-order valence-corrected chi connectivity index (χ2v) is 4.49. The average molecular weight is 164 g/mol. The van der Waals surface area contributed by atoms with Crippen LogP contribution in [-0.4, -0.2) is 10.7 Å². The summed E-state index contributed by atoms with van der Waals surface area (Å²) in [5.74, 6) is 0. The molecule has 12 heavy (non-hydrogen) atoms. The topological polar surface area (TPSA) is 17.0 Å². The molecule has 0 bridgehead atoms. The summed E-state index contributed by atoms with van der Waals surface area (Å²) in [6.45, 7) is 4.64. The first-order valence-electron chi connectivity index (χ1n) is 4.55. The highest BCUT2D eigenvalue weighted by molar-refractivity contribution is 5.01. The van der Waals surface area contributed by atoms with E-state index in [2.05, 4.69) is 19.3 Å². The van der Waals surface area contributed by atoms with E-state index in [9.17, 15) is 0 Å². The van der Waals surface area contributed by atoms with Gasteiger partial charge in [-0.2, -0.15) is 0 Å². The maximum atomic E-state index is 3.43. The Morgan fingerprint density at radius 2 is 1.83 bits per heavy atom. The van der Waals surface area contributed by atoms with Gasteiger partial charge in [-0.3, -0.25) is 4.68 Å². The second-order valence-electron chi connectivity index (χ2n) is 4.49. The maximum absolute atomic E-state index is 3.43. The van der Waals surface area contributed by atoms with E-state index in [0.717, 1.165) is 0 Å². The smallest absolute Gasteiger partial charge is 0.0434 e. The minimum absolute atomic E-state index is 0.560. The number of aromatic nitrogens is 1. The molecule has 1 saturated carbocycles. The first-order chi connectivity index (χ1) is 5.66. The molecule has 0 aromatic carbocycles. The van der Waals surface area contributed by atoms with Crippen molar-refractivity contribution in [3.63, 3.8) is 0 Å². The van der Waals surface area contributed by atoms with Crippen LogP contribution in [0.25, 0.3) is 0 Å². The van der Waals surface area contributed by atoms with Gasteiger partial charge in [0, 0.05) is 18.4 Å². The third-order valence-corrected chi connectivity index (χ3v) is 2.53. The van der Waals surface area contributed by atoms with E-state index in [-0.39, 0.29) is 0 Å². The van der Waals surface area contributed by atoms with Crippen molar-refractivity contribution in [2.24, 2.45) is 5.41 Å². The lowest BCUT2D eigenvalue weighted by molar-refractivity contribution is 0.158. The van der Waals surface area contributed by atoms with Crippen LogP contribution in [0.3, 0.4) is 0 Å². The van der Waals surface area contributed by atoms with Crippen LogP contribution in [0.15, 0.2) is 24.5 Å². The molecular weight excluding hydrogens is 148 g/mol. The van der Waals surface area contributed by atoms with Gasteiger partial charge in [0.25, 0.3) is 0 Å². The zero-order valence-electron chi connectivity index (χ0n) is 7.75. The van der Waals surface area contributed by atoms with Gasteiger partial charge < -0.3 is 5.43 Å². The summed E-state index contributed by atoms with van der Waals surface area (Å²) in [4.78, 5) is 0. The average Bonchev–Trinajstić information content (AvgIpc) is 2.35. The number of rotatable bonds is 2. The number of nitrogens with zero attached hydrogens (tertiary/aromatic N) is 1. The van der Waals surface area contributed by atoms with Crippen molar-refractivity contribution in [1.82, 2.24) is 4.68 Å². The molecule has 1 aliphatic carbocycles. The fourth-order valence-corrected chi connectivity index (χ4v) is 2.00. The normalized spacial score (nSPS) is 21.8. The van der Waals surface area contributed by atoms with Gasteiger partial charge in [-0.25, -0.2) is 0 Å². The summed E-state index contributed by atoms with van der Waals surface area (Å²) in [5, 5.41) is 0. The number of hydrogen-bond donors (Lipinski definition) is 1. The zero-order chi connectivity index (χ0) is 8.60. The van der Waals surface area contributed by atoms with Crippen molar-refractivity contribution in [1.29, 1.82) is 0 Å².